The standard InChI is InChI=1S/C32H49NO6/c1-7-8-9-10-11-24(19-35)16-20(2)29(36)23(5)31(38)39-28-13-12-21(3)32(6)18-25-22(4)30(37)33(14-15-34)27(25)17-26(28)32/h16-17,21,23-24,29,34-36H,7-15,18-19H2,1-6H3/b20-16+/t21-,23+,24?,29+,32+/m0/s1. The lowest BCUT2D eigenvalue weighted by Gasteiger charge is -2.45. The summed E-state index contributed by atoms with van der Waals surface area (Å²) in [5.41, 5.74) is 3.84. The quantitative estimate of drug-likeness (QED) is 0.168. The molecule has 39 heavy (non-hydrogen) atoms. The Morgan fingerprint density at radius 1 is 1.28 bits per heavy atom. The van der Waals surface area contributed by atoms with Gasteiger partial charge in [0.1, 0.15) is 5.76 Å². The molecule has 7 heteroatoms. The number of β-amino-alcohol motifs (C(OH)–C–C–N with tert-alkyl or cyclic N) is 1. The molecule has 0 fully saturated rings. The number of esters is 1. The van der Waals surface area contributed by atoms with Crippen molar-refractivity contribution >= 4 is 11.9 Å². The maximum atomic E-state index is 13.3. The summed E-state index contributed by atoms with van der Waals surface area (Å²) in [6.45, 7) is 12.0. The Labute approximate surface area is 234 Å². The molecule has 1 heterocycles. The van der Waals surface area contributed by atoms with Gasteiger partial charge in [0.2, 0.25) is 0 Å². The van der Waals surface area contributed by atoms with Crippen LogP contribution < -0.4 is 0 Å². The maximum absolute atomic E-state index is 13.3. The van der Waals surface area contributed by atoms with Gasteiger partial charge in [0.05, 0.1) is 18.6 Å². The van der Waals surface area contributed by atoms with Crippen LogP contribution in [0.15, 0.2) is 45.9 Å². The highest BCUT2D eigenvalue weighted by Gasteiger charge is 2.47. The first-order valence-corrected chi connectivity index (χ1v) is 14.8. The number of carbonyl (C=O) groups excluding carboxylic acids is 2. The highest BCUT2D eigenvalue weighted by atomic mass is 16.5. The number of unbranched alkanes of at least 4 members (excludes halogenated alkanes) is 3. The van der Waals surface area contributed by atoms with Crippen molar-refractivity contribution in [2.75, 3.05) is 19.8 Å². The van der Waals surface area contributed by atoms with Crippen LogP contribution >= 0.6 is 0 Å². The third kappa shape index (κ3) is 6.58. The van der Waals surface area contributed by atoms with Gasteiger partial charge < -0.3 is 25.0 Å². The third-order valence-electron chi connectivity index (χ3n) is 9.27. The predicted molar refractivity (Wildman–Crippen MR) is 152 cm³/mol. The number of aliphatic hydroxyl groups is 3. The monoisotopic (exact) mass is 543 g/mol. The zero-order valence-corrected chi connectivity index (χ0v) is 24.8. The molecule has 1 unspecified atom stereocenters. The summed E-state index contributed by atoms with van der Waals surface area (Å²) in [5, 5.41) is 30.3. The minimum atomic E-state index is -1.00. The van der Waals surface area contributed by atoms with E-state index in [0.29, 0.717) is 30.1 Å². The molecule has 0 aromatic carbocycles. The van der Waals surface area contributed by atoms with Gasteiger partial charge in [-0.3, -0.25) is 9.59 Å². The van der Waals surface area contributed by atoms with E-state index in [1.807, 2.05) is 19.1 Å². The molecule has 3 aliphatic rings. The molecule has 5 atom stereocenters. The van der Waals surface area contributed by atoms with E-state index in [-0.39, 0.29) is 37.0 Å². The van der Waals surface area contributed by atoms with Gasteiger partial charge in [0.15, 0.2) is 0 Å². The van der Waals surface area contributed by atoms with E-state index >= 15 is 0 Å². The minimum Gasteiger partial charge on any atom is -0.430 e. The van der Waals surface area contributed by atoms with E-state index in [1.165, 1.54) is 6.42 Å². The van der Waals surface area contributed by atoms with E-state index in [4.69, 9.17) is 4.74 Å². The van der Waals surface area contributed by atoms with Crippen LogP contribution in [0.1, 0.15) is 92.9 Å². The number of nitrogens with zero attached hydrogens (tertiary/aromatic N) is 1. The molecule has 0 aromatic heterocycles. The molecule has 1 amide bonds. The van der Waals surface area contributed by atoms with E-state index in [9.17, 15) is 24.9 Å². The van der Waals surface area contributed by atoms with Crippen molar-refractivity contribution in [2.45, 2.75) is 99.0 Å². The molecule has 3 N–H and O–H groups in total. The molecule has 3 rings (SSSR count). The largest absolute Gasteiger partial charge is 0.430 e. The van der Waals surface area contributed by atoms with Crippen LogP contribution in [-0.4, -0.2) is 58.0 Å². The van der Waals surface area contributed by atoms with Gasteiger partial charge in [-0.1, -0.05) is 52.5 Å². The van der Waals surface area contributed by atoms with Crippen molar-refractivity contribution in [2.24, 2.45) is 23.2 Å². The Hall–Kier alpha value is -2.22. The van der Waals surface area contributed by atoms with E-state index in [2.05, 4.69) is 20.8 Å². The van der Waals surface area contributed by atoms with Crippen molar-refractivity contribution in [3.63, 3.8) is 0 Å². The highest BCUT2D eigenvalue weighted by Crippen LogP contribution is 2.55. The summed E-state index contributed by atoms with van der Waals surface area (Å²) in [6, 6.07) is 0. The topological polar surface area (TPSA) is 107 Å². The van der Waals surface area contributed by atoms with Gasteiger partial charge >= 0.3 is 5.97 Å². The molecule has 218 valence electrons. The van der Waals surface area contributed by atoms with Crippen molar-refractivity contribution in [1.82, 2.24) is 4.90 Å². The Morgan fingerprint density at radius 2 is 2.00 bits per heavy atom. The van der Waals surface area contributed by atoms with Crippen molar-refractivity contribution in [1.29, 1.82) is 0 Å². The molecule has 0 saturated heterocycles. The molecular weight excluding hydrogens is 494 g/mol. The van der Waals surface area contributed by atoms with Crippen LogP contribution in [0.2, 0.25) is 0 Å². The van der Waals surface area contributed by atoms with Crippen LogP contribution in [0.5, 0.6) is 0 Å². The van der Waals surface area contributed by atoms with Crippen molar-refractivity contribution in [3.8, 4) is 0 Å². The Balaban J connectivity index is 1.82. The molecule has 0 radical (unpaired) electrons. The zero-order chi connectivity index (χ0) is 28.9. The number of ether oxygens (including phenoxy) is 1. The van der Waals surface area contributed by atoms with Gasteiger partial charge in [0, 0.05) is 42.2 Å². The van der Waals surface area contributed by atoms with E-state index in [0.717, 1.165) is 54.5 Å². The SMILES string of the molecule is CCCCCCC(/C=C(\C)[C@@H](O)[C@@H](C)C(=O)OC1=C2C=C3C(=C(C)C(=O)N3CCO)C[C@]2(C)[C@@H](C)CC1)CO. The Bertz CT molecular complexity index is 1050. The predicted octanol–water partition coefficient (Wildman–Crippen LogP) is 5.18. The van der Waals surface area contributed by atoms with Gasteiger partial charge in [-0.15, -0.1) is 0 Å². The number of allylic oxidation sites excluding steroid dienone is 4. The van der Waals surface area contributed by atoms with Crippen LogP contribution in [-0.2, 0) is 14.3 Å². The summed E-state index contributed by atoms with van der Waals surface area (Å²) in [5.74, 6) is -0.435. The van der Waals surface area contributed by atoms with Gasteiger partial charge in [-0.25, -0.2) is 0 Å². The van der Waals surface area contributed by atoms with Gasteiger partial charge in [0.25, 0.3) is 5.91 Å². The Morgan fingerprint density at radius 3 is 2.64 bits per heavy atom. The van der Waals surface area contributed by atoms with Crippen LogP contribution in [0, 0.1) is 23.2 Å². The number of rotatable bonds is 13. The number of aliphatic hydroxyl groups excluding tert-OH is 3. The lowest BCUT2D eigenvalue weighted by Crippen LogP contribution is -2.38. The first-order chi connectivity index (χ1) is 18.5. The summed E-state index contributed by atoms with van der Waals surface area (Å²) in [4.78, 5) is 27.8. The number of amides is 1. The number of carbonyl (C=O) groups is 2. The molecule has 0 bridgehead atoms. The fourth-order valence-electron chi connectivity index (χ4n) is 6.28. The Kier molecular flexibility index (Phi) is 10.8. The fraction of sp³-hybridized carbons (Fsp3) is 0.688. The van der Waals surface area contributed by atoms with Gasteiger partial charge in [-0.2, -0.15) is 0 Å². The van der Waals surface area contributed by atoms with Crippen molar-refractivity contribution < 1.29 is 29.6 Å². The second kappa shape index (κ2) is 13.4. The van der Waals surface area contributed by atoms with E-state index < -0.39 is 18.0 Å². The number of hydrogen-bond acceptors (Lipinski definition) is 6. The van der Waals surface area contributed by atoms with E-state index in [1.54, 1.807) is 18.7 Å². The molecule has 0 aromatic rings. The summed E-state index contributed by atoms with van der Waals surface area (Å²) < 4.78 is 6.02. The summed E-state index contributed by atoms with van der Waals surface area (Å²) in [6.07, 6.45) is 10.4. The van der Waals surface area contributed by atoms with Crippen LogP contribution in [0.3, 0.4) is 0 Å². The molecule has 0 saturated carbocycles. The van der Waals surface area contributed by atoms with Crippen molar-refractivity contribution in [3.05, 3.63) is 45.9 Å². The second-order valence-electron chi connectivity index (χ2n) is 12.0. The average molecular weight is 544 g/mol. The number of fused-ring (bicyclic) bond motifs is 2. The first kappa shape index (κ1) is 31.3. The second-order valence-corrected chi connectivity index (χ2v) is 12.0. The lowest BCUT2D eigenvalue weighted by atomic mass is 9.60. The summed E-state index contributed by atoms with van der Waals surface area (Å²) >= 11 is 0. The summed E-state index contributed by atoms with van der Waals surface area (Å²) in [7, 11) is 0. The molecule has 0 spiro atoms. The fourth-order valence-corrected chi connectivity index (χ4v) is 6.28. The maximum Gasteiger partial charge on any atom is 0.316 e. The third-order valence-corrected chi connectivity index (χ3v) is 9.27. The normalized spacial score (nSPS) is 25.8. The van der Waals surface area contributed by atoms with Crippen LogP contribution in [0.25, 0.3) is 0 Å². The highest BCUT2D eigenvalue weighted by molar-refractivity contribution is 6.00. The minimum absolute atomic E-state index is 0.0163. The molecule has 1 aliphatic heterocycles. The smallest absolute Gasteiger partial charge is 0.316 e. The molecule has 7 nitrogen and oxygen atoms in total. The first-order valence-electron chi connectivity index (χ1n) is 14.8. The van der Waals surface area contributed by atoms with Gasteiger partial charge in [-0.05, 0) is 68.7 Å². The zero-order valence-electron chi connectivity index (χ0n) is 24.8. The molecule has 2 aliphatic carbocycles. The molecular formula is C32H49NO6. The lowest BCUT2D eigenvalue weighted by molar-refractivity contribution is -0.147. The number of hydrogen-bond donors (Lipinski definition) is 3. The average Bonchev–Trinajstić information content (AvgIpc) is 3.14. The van der Waals surface area contributed by atoms with Crippen LogP contribution in [0.4, 0.5) is 0 Å².